The number of benzene rings is 2. The van der Waals surface area contributed by atoms with Gasteiger partial charge in [0.25, 0.3) is 5.91 Å². The molecule has 1 saturated heterocycles. The first-order chi connectivity index (χ1) is 14.8. The number of fused-ring (bicyclic) bond motifs is 1. The minimum Gasteiger partial charge on any atom is -0.489 e. The standard InChI is InChI=1S/C22H24N2O6S/c1-15(2)29-20-8-7-17(31(26,27)24-9-11-28-12-10-24)14-18(20)23-22(25)21-13-16-5-3-4-6-19(16)30-21/h3-8,13-15H,9-12H2,1-2H3,(H,23,25). The van der Waals surface area contributed by atoms with E-state index in [0.29, 0.717) is 24.5 Å². The summed E-state index contributed by atoms with van der Waals surface area (Å²) >= 11 is 0. The summed E-state index contributed by atoms with van der Waals surface area (Å²) in [5, 5.41) is 3.54. The second kappa shape index (κ2) is 8.70. The summed E-state index contributed by atoms with van der Waals surface area (Å²) in [7, 11) is -3.73. The smallest absolute Gasteiger partial charge is 0.291 e. The van der Waals surface area contributed by atoms with E-state index in [0.717, 1.165) is 5.39 Å². The van der Waals surface area contributed by atoms with Crippen LogP contribution in [0.25, 0.3) is 11.0 Å². The number of carbonyl (C=O) groups excluding carboxylic acids is 1. The molecule has 0 aliphatic carbocycles. The van der Waals surface area contributed by atoms with Crippen molar-refractivity contribution in [2.24, 2.45) is 0 Å². The van der Waals surface area contributed by atoms with Gasteiger partial charge in [-0.25, -0.2) is 8.42 Å². The molecule has 9 heteroatoms. The Bertz CT molecular complexity index is 1160. The molecule has 2 aromatic carbocycles. The van der Waals surface area contributed by atoms with E-state index in [1.54, 1.807) is 18.2 Å². The van der Waals surface area contributed by atoms with Crippen LogP contribution in [0.5, 0.6) is 5.75 Å². The summed E-state index contributed by atoms with van der Waals surface area (Å²) in [5.74, 6) is 0.00394. The summed E-state index contributed by atoms with van der Waals surface area (Å²) in [5.41, 5.74) is 0.850. The fourth-order valence-electron chi connectivity index (χ4n) is 3.34. The molecule has 31 heavy (non-hydrogen) atoms. The highest BCUT2D eigenvalue weighted by Crippen LogP contribution is 2.31. The monoisotopic (exact) mass is 444 g/mol. The highest BCUT2D eigenvalue weighted by atomic mass is 32.2. The second-order valence-electron chi connectivity index (χ2n) is 7.44. The second-order valence-corrected chi connectivity index (χ2v) is 9.38. The van der Waals surface area contributed by atoms with Crippen LogP contribution in [-0.4, -0.2) is 51.0 Å². The van der Waals surface area contributed by atoms with Gasteiger partial charge >= 0.3 is 0 Å². The van der Waals surface area contributed by atoms with Crippen LogP contribution in [0.2, 0.25) is 0 Å². The van der Waals surface area contributed by atoms with Crippen LogP contribution < -0.4 is 10.1 Å². The van der Waals surface area contributed by atoms with Gasteiger partial charge in [-0.3, -0.25) is 4.79 Å². The number of sulfonamides is 1. The minimum atomic E-state index is -3.73. The molecule has 8 nitrogen and oxygen atoms in total. The molecule has 1 amide bonds. The van der Waals surface area contributed by atoms with Crippen LogP contribution in [0, 0.1) is 0 Å². The maximum absolute atomic E-state index is 13.0. The van der Waals surface area contributed by atoms with Crippen molar-refractivity contribution in [2.45, 2.75) is 24.8 Å². The quantitative estimate of drug-likeness (QED) is 0.625. The summed E-state index contributed by atoms with van der Waals surface area (Å²) in [4.78, 5) is 12.9. The van der Waals surface area contributed by atoms with Gasteiger partial charge in [-0.05, 0) is 44.2 Å². The van der Waals surface area contributed by atoms with Gasteiger partial charge in [0.15, 0.2) is 5.76 Å². The van der Waals surface area contributed by atoms with Gasteiger partial charge in [-0.2, -0.15) is 4.31 Å². The molecule has 164 valence electrons. The molecule has 1 N–H and O–H groups in total. The Morgan fingerprint density at radius 1 is 1.10 bits per heavy atom. The van der Waals surface area contributed by atoms with E-state index in [1.165, 1.54) is 16.4 Å². The number of carbonyl (C=O) groups is 1. The van der Waals surface area contributed by atoms with Crippen LogP contribution in [0.15, 0.2) is 57.8 Å². The van der Waals surface area contributed by atoms with Gasteiger partial charge < -0.3 is 19.2 Å². The third kappa shape index (κ3) is 4.58. The molecule has 1 aromatic heterocycles. The molecule has 4 rings (SSSR count). The van der Waals surface area contributed by atoms with Crippen molar-refractivity contribution in [1.82, 2.24) is 4.31 Å². The van der Waals surface area contributed by atoms with Gasteiger partial charge in [0.1, 0.15) is 11.3 Å². The molecular weight excluding hydrogens is 420 g/mol. The number of rotatable bonds is 6. The maximum atomic E-state index is 13.0. The SMILES string of the molecule is CC(C)Oc1ccc(S(=O)(=O)N2CCOCC2)cc1NC(=O)c1cc2ccccc2o1. The van der Waals surface area contributed by atoms with E-state index in [-0.39, 0.29) is 35.5 Å². The summed E-state index contributed by atoms with van der Waals surface area (Å²) in [6.45, 7) is 4.97. The number of morpholine rings is 1. The highest BCUT2D eigenvalue weighted by Gasteiger charge is 2.27. The molecule has 0 saturated carbocycles. The lowest BCUT2D eigenvalue weighted by Crippen LogP contribution is -2.40. The average molecular weight is 445 g/mol. The van der Waals surface area contributed by atoms with Crippen molar-refractivity contribution >= 4 is 32.6 Å². The van der Waals surface area contributed by atoms with Gasteiger partial charge in [0.2, 0.25) is 10.0 Å². The predicted molar refractivity (Wildman–Crippen MR) is 116 cm³/mol. The Balaban J connectivity index is 1.66. The minimum absolute atomic E-state index is 0.0745. The number of nitrogens with zero attached hydrogens (tertiary/aromatic N) is 1. The summed E-state index contributed by atoms with van der Waals surface area (Å²) in [6, 6.07) is 13.4. The fraction of sp³-hybridized carbons (Fsp3) is 0.318. The molecular formula is C22H24N2O6S. The van der Waals surface area contributed by atoms with Gasteiger partial charge in [0.05, 0.1) is 29.9 Å². The number of nitrogens with one attached hydrogen (secondary N) is 1. The highest BCUT2D eigenvalue weighted by molar-refractivity contribution is 7.89. The molecule has 0 radical (unpaired) electrons. The van der Waals surface area contributed by atoms with E-state index >= 15 is 0 Å². The summed E-state index contributed by atoms with van der Waals surface area (Å²) < 4.78 is 44.1. The summed E-state index contributed by atoms with van der Waals surface area (Å²) in [6.07, 6.45) is -0.163. The number of anilines is 1. The third-order valence-electron chi connectivity index (χ3n) is 4.82. The van der Waals surface area contributed by atoms with Crippen LogP contribution in [-0.2, 0) is 14.8 Å². The van der Waals surface area contributed by atoms with E-state index in [4.69, 9.17) is 13.9 Å². The zero-order valence-corrected chi connectivity index (χ0v) is 18.1. The van der Waals surface area contributed by atoms with Gasteiger partial charge in [-0.15, -0.1) is 0 Å². The van der Waals surface area contributed by atoms with Crippen molar-refractivity contribution in [3.8, 4) is 5.75 Å². The molecule has 0 bridgehead atoms. The first-order valence-corrected chi connectivity index (χ1v) is 11.5. The Morgan fingerprint density at radius 2 is 1.84 bits per heavy atom. The number of ether oxygens (including phenoxy) is 2. The van der Waals surface area contributed by atoms with E-state index in [1.807, 2.05) is 32.0 Å². The molecule has 1 aliphatic rings. The largest absolute Gasteiger partial charge is 0.489 e. The first-order valence-electron chi connectivity index (χ1n) is 10.0. The molecule has 1 aliphatic heterocycles. The predicted octanol–water partition coefficient (Wildman–Crippen LogP) is 3.49. The van der Waals surface area contributed by atoms with Crippen molar-refractivity contribution in [1.29, 1.82) is 0 Å². The molecule has 1 fully saturated rings. The number of hydrogen-bond acceptors (Lipinski definition) is 6. The van der Waals surface area contributed by atoms with Gasteiger partial charge in [-0.1, -0.05) is 18.2 Å². The number of para-hydroxylation sites is 1. The van der Waals surface area contributed by atoms with Crippen molar-refractivity contribution in [3.63, 3.8) is 0 Å². The molecule has 0 unspecified atom stereocenters. The number of furan rings is 1. The maximum Gasteiger partial charge on any atom is 0.291 e. The normalized spacial score (nSPS) is 15.3. The first kappa shape index (κ1) is 21.4. The number of amides is 1. The van der Waals surface area contributed by atoms with E-state index in [9.17, 15) is 13.2 Å². The topological polar surface area (TPSA) is 98.1 Å². The van der Waals surface area contributed by atoms with Gasteiger partial charge in [0, 0.05) is 18.5 Å². The number of hydrogen-bond donors (Lipinski definition) is 1. The zero-order valence-electron chi connectivity index (χ0n) is 17.3. The van der Waals surface area contributed by atoms with Crippen molar-refractivity contribution < 1.29 is 27.1 Å². The van der Waals surface area contributed by atoms with Crippen LogP contribution in [0.3, 0.4) is 0 Å². The van der Waals surface area contributed by atoms with Crippen LogP contribution >= 0.6 is 0 Å². The van der Waals surface area contributed by atoms with E-state index < -0.39 is 15.9 Å². The Kier molecular flexibility index (Phi) is 5.99. The molecule has 0 atom stereocenters. The zero-order chi connectivity index (χ0) is 22.0. The molecule has 3 aromatic rings. The molecule has 0 spiro atoms. The Morgan fingerprint density at radius 3 is 2.55 bits per heavy atom. The van der Waals surface area contributed by atoms with Crippen LogP contribution in [0.4, 0.5) is 5.69 Å². The van der Waals surface area contributed by atoms with Crippen molar-refractivity contribution in [3.05, 3.63) is 54.3 Å². The Labute approximate surface area is 180 Å². The molecule has 2 heterocycles. The van der Waals surface area contributed by atoms with Crippen molar-refractivity contribution in [2.75, 3.05) is 31.6 Å². The van der Waals surface area contributed by atoms with Crippen LogP contribution in [0.1, 0.15) is 24.4 Å². The Hall–Kier alpha value is -2.88. The average Bonchev–Trinajstić information content (AvgIpc) is 3.19. The fourth-order valence-corrected chi connectivity index (χ4v) is 4.77. The lowest BCUT2D eigenvalue weighted by Gasteiger charge is -2.26. The lowest BCUT2D eigenvalue weighted by atomic mass is 10.2. The lowest BCUT2D eigenvalue weighted by molar-refractivity contribution is 0.0730. The third-order valence-corrected chi connectivity index (χ3v) is 6.71. The van der Waals surface area contributed by atoms with E-state index in [2.05, 4.69) is 5.32 Å².